The fraction of sp³-hybridized carbons (Fsp3) is 0.557. The van der Waals surface area contributed by atoms with Crippen LogP contribution in [0.15, 0.2) is 97.1 Å². The minimum atomic E-state index is -0.599. The van der Waals surface area contributed by atoms with Gasteiger partial charge in [-0.2, -0.15) is 147 Å². The van der Waals surface area contributed by atoms with Gasteiger partial charge in [-0.05, 0) is 106 Å². The Labute approximate surface area is 586 Å². The molecule has 11 atom stereocenters. The fourth-order valence-electron chi connectivity index (χ4n) is 11.8. The number of hydrogen-bond donors (Lipinski definition) is 4. The summed E-state index contributed by atoms with van der Waals surface area (Å²) in [4.78, 5) is 71.8. The summed E-state index contributed by atoms with van der Waals surface area (Å²) in [6.45, 7) is 18.2. The molecule has 0 radical (unpaired) electrons. The zero-order valence-corrected chi connectivity index (χ0v) is 62.0. The zero-order chi connectivity index (χ0) is 53.4. The lowest BCUT2D eigenvalue weighted by Gasteiger charge is -2.35. The monoisotopic (exact) mass is 1400 g/mol. The van der Waals surface area contributed by atoms with Gasteiger partial charge in [0.15, 0.2) is 5.78 Å². The number of thioether (sulfide) groups is 2. The van der Waals surface area contributed by atoms with Crippen molar-refractivity contribution >= 4 is 199 Å². The molecule has 484 valence electrons. The Morgan fingerprint density at radius 3 is 1.59 bits per heavy atom. The molecule has 4 aromatic rings. The molecule has 0 spiro atoms. The van der Waals surface area contributed by atoms with E-state index in [4.69, 9.17) is 9.47 Å². The predicted octanol–water partition coefficient (Wildman–Crippen LogP) is 11.1. The van der Waals surface area contributed by atoms with Gasteiger partial charge in [0.05, 0.1) is 61.9 Å². The number of fused-ring (bicyclic) bond motifs is 3. The minimum absolute atomic E-state index is 0. The average molecular weight is 1400 g/mol. The first-order valence-corrected chi connectivity index (χ1v) is 29.6. The SMILES string of the molecule is CC[C@@H](C)C(=O)N[C@H]1CCS[C@H]2CC(C)(C)[C@@H](C(=O)N[C@H](COCc3ccc4ccc(COC[C@@H](NC(=O)[C@H]5C6C(=O)[C@@H](NC(=O)[C@H](C)CC)CCS[C@H]6CC5(C)C)c5ccccc5)cc4c3)c3ccccc3)N2C1.S.S.S.S.S.S.S.S.S.S. The lowest BCUT2D eigenvalue weighted by atomic mass is 9.75. The van der Waals surface area contributed by atoms with Crippen molar-refractivity contribution in [3.63, 3.8) is 0 Å². The minimum Gasteiger partial charge on any atom is -0.374 e. The standard InChI is InChI=1S/C61H81N5O7S2.10H2S/c1-9-38(3)56(68)62-46-25-27-75-51-32-61(7,8)55(66(51)33-46)59(71)65-49(44-19-15-12-16-20-44)37-73-35-41-22-24-42-23-21-40(29-45(42)30-41)34-72-36-48(43-17-13-11-14-18-43)64-58(70)53-52-50(31-60(53,5)6)74-28-26-47(54(52)67)63-57(69)39(4)10-2;;;;;;;;;;/h11-24,29-30,38-39,46-53,55H,9-10,25-28,31-37H2,1-8H3,(H,62,68)(H,63,69)(H,64,70)(H,65,71);10*1H2/t38-,39-,46+,47+,48-,49-,50+,51+,52?,53-,55-;;;;;;;;;;/m1........../s1. The van der Waals surface area contributed by atoms with Crippen LogP contribution < -0.4 is 21.3 Å². The highest BCUT2D eigenvalue weighted by Gasteiger charge is 2.57. The van der Waals surface area contributed by atoms with Crippen molar-refractivity contribution in [2.24, 2.45) is 34.5 Å². The Kier molecular flexibility index (Phi) is 42.0. The van der Waals surface area contributed by atoms with Crippen LogP contribution in [-0.2, 0) is 46.7 Å². The third kappa shape index (κ3) is 22.5. The number of benzene rings is 4. The number of carbonyl (C=O) groups excluding carboxylic acids is 5. The largest absolute Gasteiger partial charge is 0.374 e. The highest BCUT2D eigenvalue weighted by molar-refractivity contribution is 8.00. The van der Waals surface area contributed by atoms with E-state index in [1.54, 1.807) is 11.8 Å². The number of ketones is 1. The molecule has 4 aliphatic rings. The first-order valence-electron chi connectivity index (χ1n) is 27.5. The summed E-state index contributed by atoms with van der Waals surface area (Å²) in [5.41, 5.74) is 3.19. The van der Waals surface area contributed by atoms with E-state index in [-0.39, 0.29) is 224 Å². The molecule has 0 bridgehead atoms. The van der Waals surface area contributed by atoms with Gasteiger partial charge in [0.2, 0.25) is 23.6 Å². The smallest absolute Gasteiger partial charge is 0.238 e. The first kappa shape index (κ1) is 88.0. The topological polar surface area (TPSA) is 155 Å². The van der Waals surface area contributed by atoms with Crippen LogP contribution in [0.2, 0.25) is 0 Å². The van der Waals surface area contributed by atoms with E-state index in [1.807, 2.05) is 100 Å². The molecule has 1 saturated carbocycles. The van der Waals surface area contributed by atoms with Crippen molar-refractivity contribution < 1.29 is 33.4 Å². The molecule has 3 heterocycles. The van der Waals surface area contributed by atoms with Crippen molar-refractivity contribution in [2.75, 3.05) is 31.3 Å². The quantitative estimate of drug-likeness (QED) is 0.0672. The molecule has 4 fully saturated rings. The number of nitrogens with zero attached hydrogens (tertiary/aromatic N) is 1. The zero-order valence-electron chi connectivity index (χ0n) is 50.4. The summed E-state index contributed by atoms with van der Waals surface area (Å²) in [5.74, 6) is 0.158. The molecule has 12 nitrogen and oxygen atoms in total. The highest BCUT2D eigenvalue weighted by Crippen LogP contribution is 2.53. The second-order valence-electron chi connectivity index (χ2n) is 23.1. The number of hydrogen-bond acceptors (Lipinski definition) is 10. The molecule has 4 N–H and O–H groups in total. The summed E-state index contributed by atoms with van der Waals surface area (Å²) in [5, 5.41) is 15.5. The molecule has 1 unspecified atom stereocenters. The molecule has 0 aromatic heterocycles. The van der Waals surface area contributed by atoms with Gasteiger partial charge in [-0.1, -0.05) is 140 Å². The molecule has 3 saturated heterocycles. The van der Waals surface area contributed by atoms with Crippen molar-refractivity contribution in [3.8, 4) is 0 Å². The maximum atomic E-state index is 14.6. The van der Waals surface area contributed by atoms with E-state index in [0.29, 0.717) is 32.6 Å². The number of carbonyl (C=O) groups is 5. The first-order chi connectivity index (χ1) is 36.0. The normalized spacial score (nSPS) is 22.8. The van der Waals surface area contributed by atoms with E-state index in [1.165, 1.54) is 0 Å². The Morgan fingerprint density at radius 1 is 0.600 bits per heavy atom. The van der Waals surface area contributed by atoms with E-state index in [0.717, 1.165) is 70.2 Å². The van der Waals surface area contributed by atoms with Gasteiger partial charge in [0.1, 0.15) is 0 Å². The third-order valence-corrected chi connectivity index (χ3v) is 19.2. The maximum Gasteiger partial charge on any atom is 0.238 e. The summed E-state index contributed by atoms with van der Waals surface area (Å²) in [6, 6.07) is 30.7. The number of rotatable bonds is 20. The Hall–Kier alpha value is -1.23. The number of amides is 4. The van der Waals surface area contributed by atoms with Crippen LogP contribution in [0.5, 0.6) is 0 Å². The van der Waals surface area contributed by atoms with Crippen LogP contribution in [0.1, 0.15) is 128 Å². The molecular formula is C61H101N5O7S12. The molecule has 85 heavy (non-hydrogen) atoms. The molecule has 24 heteroatoms. The van der Waals surface area contributed by atoms with E-state index >= 15 is 0 Å². The number of ether oxygens (including phenoxy) is 2. The van der Waals surface area contributed by atoms with Gasteiger partial charge in [-0.3, -0.25) is 28.9 Å². The second kappa shape index (κ2) is 40.6. The van der Waals surface area contributed by atoms with Gasteiger partial charge in [-0.25, -0.2) is 0 Å². The van der Waals surface area contributed by atoms with Crippen molar-refractivity contribution in [1.82, 2.24) is 26.2 Å². The summed E-state index contributed by atoms with van der Waals surface area (Å²) >= 11 is 3.66. The van der Waals surface area contributed by atoms with Gasteiger partial charge < -0.3 is 30.7 Å². The van der Waals surface area contributed by atoms with Crippen LogP contribution in [0.3, 0.4) is 0 Å². The van der Waals surface area contributed by atoms with E-state index < -0.39 is 29.3 Å². The molecule has 1 aliphatic carbocycles. The second-order valence-corrected chi connectivity index (χ2v) is 25.7. The number of nitrogens with one attached hydrogen (secondary N) is 4. The molecule has 8 rings (SSSR count). The van der Waals surface area contributed by atoms with Crippen LogP contribution in [0, 0.1) is 34.5 Å². The lowest BCUT2D eigenvalue weighted by molar-refractivity contribution is -0.138. The Bertz CT molecular complexity index is 2650. The van der Waals surface area contributed by atoms with E-state index in [9.17, 15) is 24.0 Å². The van der Waals surface area contributed by atoms with Gasteiger partial charge in [0, 0.05) is 35.6 Å². The maximum absolute atomic E-state index is 14.6. The third-order valence-electron chi connectivity index (χ3n) is 16.5. The predicted molar refractivity (Wildman–Crippen MR) is 405 cm³/mol. The van der Waals surface area contributed by atoms with Crippen LogP contribution in [0.25, 0.3) is 10.8 Å². The summed E-state index contributed by atoms with van der Waals surface area (Å²) < 4.78 is 12.9. The van der Waals surface area contributed by atoms with Crippen molar-refractivity contribution in [1.29, 1.82) is 0 Å². The Balaban J connectivity index is -0.00000672. The highest BCUT2D eigenvalue weighted by atomic mass is 32.2. The summed E-state index contributed by atoms with van der Waals surface area (Å²) in [6.07, 6.45) is 4.56. The lowest BCUT2D eigenvalue weighted by Crippen LogP contribution is -2.54. The molecule has 4 aromatic carbocycles. The van der Waals surface area contributed by atoms with Crippen LogP contribution in [-0.4, -0.2) is 94.3 Å². The van der Waals surface area contributed by atoms with Gasteiger partial charge in [0.25, 0.3) is 0 Å². The van der Waals surface area contributed by atoms with Crippen LogP contribution >= 0.6 is 158 Å². The van der Waals surface area contributed by atoms with Crippen LogP contribution in [0.4, 0.5) is 0 Å². The van der Waals surface area contributed by atoms with Crippen molar-refractivity contribution in [3.05, 3.63) is 119 Å². The van der Waals surface area contributed by atoms with Crippen molar-refractivity contribution in [2.45, 2.75) is 148 Å². The van der Waals surface area contributed by atoms with Gasteiger partial charge >= 0.3 is 0 Å². The van der Waals surface area contributed by atoms with E-state index in [2.05, 4.69) is 90.3 Å². The van der Waals surface area contributed by atoms with Gasteiger partial charge in [-0.15, -0.1) is 11.8 Å². The Morgan fingerprint density at radius 2 is 1.08 bits per heavy atom. The molecule has 4 amide bonds. The molecule has 3 aliphatic heterocycles. The number of Topliss-reactive ketones (excluding diaryl/α,β-unsaturated/α-hetero) is 1. The summed E-state index contributed by atoms with van der Waals surface area (Å²) in [7, 11) is 0. The fourth-order valence-corrected chi connectivity index (χ4v) is 15.2. The average Bonchev–Trinajstić information content (AvgIpc) is 3.61. The molecular weight excluding hydrogens is 1300 g/mol.